The highest BCUT2D eigenvalue weighted by molar-refractivity contribution is 7.91. The third kappa shape index (κ3) is 3.78. The van der Waals surface area contributed by atoms with Crippen molar-refractivity contribution < 1.29 is 22.7 Å². The standard InChI is InChI=1S/C21H24N2O5S2/c1-27-17-7-5-15(6-8-17)14-23-19(20(28-2)21(23)24)16-9-11-22(12-10-16)30(25,26)18-4-3-13-29-18/h3-9,13,19-20H,10-12,14H2,1-2H3/t19-,20+/m0/s1. The van der Waals surface area contributed by atoms with E-state index in [1.807, 2.05) is 30.3 Å². The molecular formula is C21H24N2O5S2. The summed E-state index contributed by atoms with van der Waals surface area (Å²) in [7, 11) is -0.317. The Morgan fingerprint density at radius 3 is 2.50 bits per heavy atom. The van der Waals surface area contributed by atoms with E-state index in [1.165, 1.54) is 22.8 Å². The Balaban J connectivity index is 1.49. The van der Waals surface area contributed by atoms with Gasteiger partial charge < -0.3 is 14.4 Å². The highest BCUT2D eigenvalue weighted by atomic mass is 32.2. The average molecular weight is 449 g/mol. The first-order chi connectivity index (χ1) is 14.5. The van der Waals surface area contributed by atoms with Crippen molar-refractivity contribution in [3.8, 4) is 5.75 Å². The van der Waals surface area contributed by atoms with Crippen LogP contribution in [-0.4, -0.2) is 63.0 Å². The second-order valence-electron chi connectivity index (χ2n) is 7.24. The zero-order chi connectivity index (χ0) is 21.3. The minimum absolute atomic E-state index is 0.0483. The number of amides is 1. The maximum absolute atomic E-state index is 12.7. The molecule has 7 nitrogen and oxygen atoms in total. The van der Waals surface area contributed by atoms with Crippen LogP contribution in [-0.2, 0) is 26.1 Å². The fourth-order valence-electron chi connectivity index (χ4n) is 3.94. The molecule has 2 aromatic rings. The van der Waals surface area contributed by atoms with Gasteiger partial charge in [-0.15, -0.1) is 11.3 Å². The topological polar surface area (TPSA) is 76.2 Å². The van der Waals surface area contributed by atoms with Gasteiger partial charge in [-0.25, -0.2) is 8.42 Å². The lowest BCUT2D eigenvalue weighted by atomic mass is 9.86. The zero-order valence-corrected chi connectivity index (χ0v) is 18.5. The van der Waals surface area contributed by atoms with E-state index in [1.54, 1.807) is 29.5 Å². The molecule has 4 rings (SSSR count). The van der Waals surface area contributed by atoms with Gasteiger partial charge in [0.2, 0.25) is 0 Å². The van der Waals surface area contributed by atoms with Crippen molar-refractivity contribution in [2.45, 2.75) is 29.3 Å². The Morgan fingerprint density at radius 2 is 1.93 bits per heavy atom. The van der Waals surface area contributed by atoms with Crippen molar-refractivity contribution in [1.29, 1.82) is 0 Å². The first kappa shape index (κ1) is 21.0. The summed E-state index contributed by atoms with van der Waals surface area (Å²) in [5.74, 6) is 0.717. The Morgan fingerprint density at radius 1 is 1.17 bits per heavy atom. The first-order valence-corrected chi connectivity index (χ1v) is 12.0. The number of hydrogen-bond acceptors (Lipinski definition) is 6. The lowest BCUT2D eigenvalue weighted by molar-refractivity contribution is -0.168. The van der Waals surface area contributed by atoms with Crippen molar-refractivity contribution in [2.75, 3.05) is 27.3 Å². The van der Waals surface area contributed by atoms with E-state index < -0.39 is 16.1 Å². The van der Waals surface area contributed by atoms with Gasteiger partial charge in [0.05, 0.1) is 13.2 Å². The molecule has 0 bridgehead atoms. The number of thiophene rings is 1. The van der Waals surface area contributed by atoms with Gasteiger partial charge >= 0.3 is 0 Å². The molecule has 1 amide bonds. The molecule has 3 heterocycles. The van der Waals surface area contributed by atoms with Gasteiger partial charge in [0.1, 0.15) is 9.96 Å². The molecule has 160 valence electrons. The molecule has 0 N–H and O–H groups in total. The van der Waals surface area contributed by atoms with Crippen LogP contribution in [0.4, 0.5) is 0 Å². The van der Waals surface area contributed by atoms with E-state index >= 15 is 0 Å². The minimum Gasteiger partial charge on any atom is -0.497 e. The molecule has 0 unspecified atom stereocenters. The Labute approximate surface area is 180 Å². The predicted octanol–water partition coefficient (Wildman–Crippen LogP) is 2.50. The maximum atomic E-state index is 12.7. The SMILES string of the molecule is COc1ccc(CN2C(=O)[C@H](OC)[C@@H]2C2=CCN(S(=O)(=O)c3cccs3)CC2)cc1. The van der Waals surface area contributed by atoms with Crippen molar-refractivity contribution in [3.63, 3.8) is 0 Å². The molecule has 2 aliphatic rings. The van der Waals surface area contributed by atoms with Crippen LogP contribution in [0.25, 0.3) is 0 Å². The van der Waals surface area contributed by atoms with Crippen LogP contribution in [0.2, 0.25) is 0 Å². The summed E-state index contributed by atoms with van der Waals surface area (Å²) >= 11 is 1.22. The molecule has 9 heteroatoms. The molecule has 1 aromatic heterocycles. The van der Waals surface area contributed by atoms with E-state index in [-0.39, 0.29) is 11.9 Å². The van der Waals surface area contributed by atoms with E-state index in [4.69, 9.17) is 9.47 Å². The summed E-state index contributed by atoms with van der Waals surface area (Å²) in [5.41, 5.74) is 2.05. The van der Waals surface area contributed by atoms with Crippen LogP contribution in [0.5, 0.6) is 5.75 Å². The van der Waals surface area contributed by atoms with Gasteiger partial charge in [-0.1, -0.05) is 24.3 Å². The summed E-state index contributed by atoms with van der Waals surface area (Å²) in [5, 5.41) is 1.76. The number of likely N-dealkylation sites (tertiary alicyclic amines) is 1. The van der Waals surface area contributed by atoms with E-state index in [9.17, 15) is 13.2 Å². The fraction of sp³-hybridized carbons (Fsp3) is 0.381. The molecular weight excluding hydrogens is 424 g/mol. The van der Waals surface area contributed by atoms with Crippen LogP contribution in [0.3, 0.4) is 0 Å². The molecule has 1 fully saturated rings. The Bertz CT molecular complexity index is 1030. The first-order valence-electron chi connectivity index (χ1n) is 9.64. The van der Waals surface area contributed by atoms with E-state index in [0.29, 0.717) is 30.3 Å². The van der Waals surface area contributed by atoms with Gasteiger partial charge in [-0.3, -0.25) is 4.79 Å². The number of methoxy groups -OCH3 is 2. The number of nitrogens with zero attached hydrogens (tertiary/aromatic N) is 2. The number of carbonyl (C=O) groups is 1. The van der Waals surface area contributed by atoms with Crippen LogP contribution in [0.1, 0.15) is 12.0 Å². The summed E-state index contributed by atoms with van der Waals surface area (Å²) in [6.45, 7) is 1.17. The quantitative estimate of drug-likeness (QED) is 0.481. The van der Waals surface area contributed by atoms with Crippen molar-refractivity contribution in [3.05, 3.63) is 59.0 Å². The number of sulfonamides is 1. The normalized spacial score (nSPS) is 22.5. The monoisotopic (exact) mass is 448 g/mol. The molecule has 0 saturated carbocycles. The summed E-state index contributed by atoms with van der Waals surface area (Å²) in [4.78, 5) is 14.4. The summed E-state index contributed by atoms with van der Waals surface area (Å²) < 4.78 is 38.0. The molecule has 0 radical (unpaired) electrons. The lowest BCUT2D eigenvalue weighted by Crippen LogP contribution is -2.66. The average Bonchev–Trinajstić information content (AvgIpc) is 3.32. The largest absolute Gasteiger partial charge is 0.497 e. The second kappa shape index (κ2) is 8.50. The molecule has 2 aliphatic heterocycles. The van der Waals surface area contributed by atoms with Crippen LogP contribution in [0.15, 0.2) is 57.6 Å². The predicted molar refractivity (Wildman–Crippen MR) is 114 cm³/mol. The zero-order valence-electron chi connectivity index (χ0n) is 16.9. The van der Waals surface area contributed by atoms with Gasteiger partial charge in [-0.2, -0.15) is 4.31 Å². The number of benzene rings is 1. The molecule has 0 aliphatic carbocycles. The van der Waals surface area contributed by atoms with Gasteiger partial charge in [-0.05, 0) is 41.1 Å². The van der Waals surface area contributed by atoms with Crippen LogP contribution < -0.4 is 4.74 Å². The smallest absolute Gasteiger partial charge is 0.255 e. The molecule has 2 atom stereocenters. The highest BCUT2D eigenvalue weighted by Gasteiger charge is 2.49. The van der Waals surface area contributed by atoms with Crippen molar-refractivity contribution >= 4 is 27.3 Å². The Hall–Kier alpha value is -2.20. The number of ether oxygens (including phenoxy) is 2. The second-order valence-corrected chi connectivity index (χ2v) is 10.4. The van der Waals surface area contributed by atoms with Crippen LogP contribution in [0, 0.1) is 0 Å². The van der Waals surface area contributed by atoms with Crippen LogP contribution >= 0.6 is 11.3 Å². The summed E-state index contributed by atoms with van der Waals surface area (Å²) in [6, 6.07) is 10.8. The third-order valence-corrected chi connectivity index (χ3v) is 8.83. The molecule has 30 heavy (non-hydrogen) atoms. The molecule has 1 saturated heterocycles. The molecule has 1 aromatic carbocycles. The minimum atomic E-state index is -3.47. The van der Waals surface area contributed by atoms with Crippen molar-refractivity contribution in [1.82, 2.24) is 9.21 Å². The number of rotatable bonds is 7. The fourth-order valence-corrected chi connectivity index (χ4v) is 6.46. The lowest BCUT2D eigenvalue weighted by Gasteiger charge is -2.48. The number of carbonyl (C=O) groups excluding carboxylic acids is 1. The van der Waals surface area contributed by atoms with Gasteiger partial charge in [0.25, 0.3) is 15.9 Å². The Kier molecular flexibility index (Phi) is 5.97. The number of β-lactam (4-membered cyclic amide) rings is 1. The van der Waals surface area contributed by atoms with E-state index in [2.05, 4.69) is 0 Å². The van der Waals surface area contributed by atoms with E-state index in [0.717, 1.165) is 16.9 Å². The maximum Gasteiger partial charge on any atom is 0.255 e. The van der Waals surface area contributed by atoms with Crippen molar-refractivity contribution in [2.24, 2.45) is 0 Å². The van der Waals surface area contributed by atoms with Gasteiger partial charge in [0.15, 0.2) is 6.10 Å². The highest BCUT2D eigenvalue weighted by Crippen LogP contribution is 2.34. The third-order valence-electron chi connectivity index (χ3n) is 5.59. The molecule has 0 spiro atoms. The van der Waals surface area contributed by atoms with Gasteiger partial charge in [0, 0.05) is 26.7 Å². The number of hydrogen-bond donors (Lipinski definition) is 0. The summed E-state index contributed by atoms with van der Waals surface area (Å²) in [6.07, 6.45) is 1.98.